The highest BCUT2D eigenvalue weighted by atomic mass is 79.9. The molecule has 0 fully saturated rings. The maximum absolute atomic E-state index is 10.5. The quantitative estimate of drug-likeness (QED) is 0.610. The molecular formula is C11H13Br2N3O2. The van der Waals surface area contributed by atoms with Gasteiger partial charge in [0.1, 0.15) is 5.75 Å². The maximum Gasteiger partial charge on any atom is 0.332 e. The van der Waals surface area contributed by atoms with Crippen molar-refractivity contribution in [2.45, 2.75) is 13.3 Å². The van der Waals surface area contributed by atoms with E-state index in [1.165, 1.54) is 6.21 Å². The predicted octanol–water partition coefficient (Wildman–Crippen LogP) is 3.00. The second-order valence-electron chi connectivity index (χ2n) is 3.39. The third-order valence-corrected chi connectivity index (χ3v) is 2.91. The Morgan fingerprint density at radius 3 is 2.89 bits per heavy atom. The van der Waals surface area contributed by atoms with Gasteiger partial charge in [0.2, 0.25) is 0 Å². The summed E-state index contributed by atoms with van der Waals surface area (Å²) in [5.41, 5.74) is 7.79. The summed E-state index contributed by atoms with van der Waals surface area (Å²) in [5.74, 6) is 0.676. The number of hydrazone groups is 1. The summed E-state index contributed by atoms with van der Waals surface area (Å²) >= 11 is 6.80. The van der Waals surface area contributed by atoms with Crippen LogP contribution in [0.2, 0.25) is 0 Å². The van der Waals surface area contributed by atoms with Crippen molar-refractivity contribution in [2.75, 3.05) is 6.61 Å². The number of rotatable bonds is 5. The summed E-state index contributed by atoms with van der Waals surface area (Å²) in [6.07, 6.45) is 2.38. The number of hydrogen-bond acceptors (Lipinski definition) is 3. The van der Waals surface area contributed by atoms with Gasteiger partial charge < -0.3 is 10.5 Å². The molecule has 0 saturated carbocycles. The summed E-state index contributed by atoms with van der Waals surface area (Å²) < 4.78 is 7.31. The van der Waals surface area contributed by atoms with Crippen LogP contribution in [0, 0.1) is 0 Å². The van der Waals surface area contributed by atoms with Crippen LogP contribution in [0.1, 0.15) is 18.9 Å². The molecule has 0 aliphatic carbocycles. The van der Waals surface area contributed by atoms with E-state index in [9.17, 15) is 4.79 Å². The van der Waals surface area contributed by atoms with Crippen LogP contribution in [0.5, 0.6) is 5.75 Å². The van der Waals surface area contributed by atoms with Crippen LogP contribution in [0.4, 0.5) is 4.79 Å². The second-order valence-corrected chi connectivity index (χ2v) is 5.16. The van der Waals surface area contributed by atoms with Crippen LogP contribution in [0.3, 0.4) is 0 Å². The molecule has 1 aromatic rings. The summed E-state index contributed by atoms with van der Waals surface area (Å²) in [6, 6.07) is 3.00. The third kappa shape index (κ3) is 4.66. The number of nitrogens with two attached hydrogens (primary N) is 1. The highest BCUT2D eigenvalue weighted by Gasteiger charge is 2.08. The Balaban J connectivity index is 2.99. The van der Waals surface area contributed by atoms with E-state index >= 15 is 0 Å². The number of halogens is 2. The topological polar surface area (TPSA) is 76.7 Å². The molecule has 0 aliphatic heterocycles. The molecule has 18 heavy (non-hydrogen) atoms. The molecule has 0 heterocycles. The number of hydrogen-bond donors (Lipinski definition) is 2. The van der Waals surface area contributed by atoms with Gasteiger partial charge in [-0.05, 0) is 34.5 Å². The molecule has 0 aromatic heterocycles. The molecular weight excluding hydrogens is 366 g/mol. The molecule has 0 radical (unpaired) electrons. The van der Waals surface area contributed by atoms with Crippen LogP contribution in [0.15, 0.2) is 26.2 Å². The van der Waals surface area contributed by atoms with Gasteiger partial charge in [-0.2, -0.15) is 5.10 Å². The van der Waals surface area contributed by atoms with E-state index in [1.54, 1.807) is 0 Å². The van der Waals surface area contributed by atoms with Crippen LogP contribution in [-0.2, 0) is 0 Å². The zero-order valence-electron chi connectivity index (χ0n) is 9.74. The molecule has 0 atom stereocenters. The van der Waals surface area contributed by atoms with Gasteiger partial charge in [-0.15, -0.1) is 0 Å². The first-order valence-corrected chi connectivity index (χ1v) is 6.83. The van der Waals surface area contributed by atoms with Crippen molar-refractivity contribution >= 4 is 44.1 Å². The molecule has 7 heteroatoms. The maximum atomic E-state index is 10.5. The van der Waals surface area contributed by atoms with Gasteiger partial charge in [0, 0.05) is 10.0 Å². The number of urea groups is 1. The van der Waals surface area contributed by atoms with Crippen molar-refractivity contribution in [2.24, 2.45) is 10.8 Å². The number of nitrogens with zero attached hydrogens (tertiary/aromatic N) is 1. The van der Waals surface area contributed by atoms with E-state index in [2.05, 4.69) is 42.4 Å². The summed E-state index contributed by atoms with van der Waals surface area (Å²) in [7, 11) is 0. The van der Waals surface area contributed by atoms with E-state index in [0.29, 0.717) is 12.4 Å². The Morgan fingerprint density at radius 1 is 1.56 bits per heavy atom. The minimum atomic E-state index is -0.712. The molecule has 5 nitrogen and oxygen atoms in total. The van der Waals surface area contributed by atoms with Crippen molar-refractivity contribution in [3.05, 3.63) is 26.6 Å². The molecule has 1 aromatic carbocycles. The number of primary amides is 1. The van der Waals surface area contributed by atoms with Gasteiger partial charge in [0.05, 0.1) is 17.3 Å². The standard InChI is InChI=1S/C11H13Br2N3O2/c1-2-3-18-10-7(6-15-16-11(14)17)4-8(12)5-9(10)13/h4-6H,2-3H2,1H3,(H3,14,16,17)/b15-6-. The number of carbonyl (C=O) groups excluding carboxylic acids is 1. The van der Waals surface area contributed by atoms with E-state index < -0.39 is 6.03 Å². The molecule has 0 bridgehead atoms. The second kappa shape index (κ2) is 7.38. The Hall–Kier alpha value is -1.08. The van der Waals surface area contributed by atoms with E-state index in [-0.39, 0.29) is 0 Å². The first-order chi connectivity index (χ1) is 8.54. The Bertz CT molecular complexity index is 464. The van der Waals surface area contributed by atoms with Crippen molar-refractivity contribution in [1.29, 1.82) is 0 Å². The van der Waals surface area contributed by atoms with Crippen LogP contribution in [-0.4, -0.2) is 18.9 Å². The predicted molar refractivity (Wildman–Crippen MR) is 77.9 cm³/mol. The first-order valence-electron chi connectivity index (χ1n) is 5.25. The molecule has 3 N–H and O–H groups in total. The van der Waals surface area contributed by atoms with Crippen molar-refractivity contribution in [3.8, 4) is 5.75 Å². The molecule has 98 valence electrons. The summed E-state index contributed by atoms with van der Waals surface area (Å²) in [4.78, 5) is 10.5. The highest BCUT2D eigenvalue weighted by molar-refractivity contribution is 9.11. The summed E-state index contributed by atoms with van der Waals surface area (Å²) in [5, 5.41) is 3.72. The Kier molecular flexibility index (Phi) is 6.14. The first kappa shape index (κ1) is 15.0. The van der Waals surface area contributed by atoms with Gasteiger partial charge >= 0.3 is 6.03 Å². The van der Waals surface area contributed by atoms with Gasteiger partial charge in [-0.1, -0.05) is 22.9 Å². The normalized spacial score (nSPS) is 10.6. The number of nitrogens with one attached hydrogen (secondary N) is 1. The Morgan fingerprint density at radius 2 is 2.28 bits per heavy atom. The van der Waals surface area contributed by atoms with Gasteiger partial charge in [-0.3, -0.25) is 0 Å². The summed E-state index contributed by atoms with van der Waals surface area (Å²) in [6.45, 7) is 2.62. The van der Waals surface area contributed by atoms with Gasteiger partial charge in [-0.25, -0.2) is 10.2 Å². The van der Waals surface area contributed by atoms with E-state index in [0.717, 1.165) is 20.9 Å². The minimum absolute atomic E-state index is 0.602. The SMILES string of the molecule is CCCOc1c(Br)cc(Br)cc1/C=N\NC(N)=O. The molecule has 0 spiro atoms. The average molecular weight is 379 g/mol. The van der Waals surface area contributed by atoms with E-state index in [4.69, 9.17) is 10.5 Å². The zero-order chi connectivity index (χ0) is 13.5. The van der Waals surface area contributed by atoms with E-state index in [1.807, 2.05) is 19.1 Å². The lowest BCUT2D eigenvalue weighted by atomic mass is 10.2. The lowest BCUT2D eigenvalue weighted by Gasteiger charge is -2.10. The fraction of sp³-hybridized carbons (Fsp3) is 0.273. The Labute approximate surface area is 122 Å². The van der Waals surface area contributed by atoms with Crippen LogP contribution in [0.25, 0.3) is 0 Å². The van der Waals surface area contributed by atoms with Gasteiger partial charge in [0.15, 0.2) is 0 Å². The zero-order valence-corrected chi connectivity index (χ0v) is 12.9. The van der Waals surface area contributed by atoms with Crippen LogP contribution < -0.4 is 15.9 Å². The molecule has 1 rings (SSSR count). The smallest absolute Gasteiger partial charge is 0.332 e. The van der Waals surface area contributed by atoms with Crippen molar-refractivity contribution < 1.29 is 9.53 Å². The largest absolute Gasteiger partial charge is 0.492 e. The third-order valence-electron chi connectivity index (χ3n) is 1.87. The van der Waals surface area contributed by atoms with Crippen molar-refractivity contribution in [3.63, 3.8) is 0 Å². The number of benzene rings is 1. The average Bonchev–Trinajstić information content (AvgIpc) is 2.27. The number of amides is 2. The fourth-order valence-electron chi connectivity index (χ4n) is 1.20. The monoisotopic (exact) mass is 377 g/mol. The molecule has 0 saturated heterocycles. The van der Waals surface area contributed by atoms with Gasteiger partial charge in [0.25, 0.3) is 0 Å². The molecule has 0 aliphatic rings. The molecule has 0 unspecified atom stereocenters. The highest BCUT2D eigenvalue weighted by Crippen LogP contribution is 2.32. The number of carbonyl (C=O) groups is 1. The number of ether oxygens (including phenoxy) is 1. The van der Waals surface area contributed by atoms with Crippen molar-refractivity contribution in [1.82, 2.24) is 5.43 Å². The molecule has 2 amide bonds. The fourth-order valence-corrected chi connectivity index (χ4v) is 2.57. The lowest BCUT2D eigenvalue weighted by Crippen LogP contribution is -2.24. The lowest BCUT2D eigenvalue weighted by molar-refractivity contribution is 0.249. The van der Waals surface area contributed by atoms with Crippen LogP contribution >= 0.6 is 31.9 Å². The minimum Gasteiger partial charge on any atom is -0.492 e.